The lowest BCUT2D eigenvalue weighted by Gasteiger charge is -2.07. The molecule has 0 N–H and O–H groups in total. The fourth-order valence-corrected chi connectivity index (χ4v) is 5.33. The van der Waals surface area contributed by atoms with Crippen molar-refractivity contribution >= 4 is 38.2 Å². The van der Waals surface area contributed by atoms with E-state index in [1.807, 2.05) is 41.2 Å². The van der Waals surface area contributed by atoms with Gasteiger partial charge in [0.2, 0.25) is 0 Å². The summed E-state index contributed by atoms with van der Waals surface area (Å²) >= 11 is 0. The standard InChI is InChI=1S/C34H21N5/c1-2-6-22(7-3-1)26-15-16-28(36-21-26)25-14-17-29-27(20-25)31-9-4-10-32(39(31)38-29)30-18-13-24-12-11-23-8-5-19-35-33(23)34(24)37-30/h1-21H. The average Bonchev–Trinajstić information content (AvgIpc) is 3.39. The predicted molar refractivity (Wildman–Crippen MR) is 157 cm³/mol. The lowest BCUT2D eigenvalue weighted by Crippen LogP contribution is -1.96. The molecule has 0 bridgehead atoms. The van der Waals surface area contributed by atoms with Gasteiger partial charge in [-0.1, -0.05) is 72.8 Å². The molecule has 0 aliphatic carbocycles. The molecule has 3 aromatic carbocycles. The number of aromatic nitrogens is 5. The first-order valence-electron chi connectivity index (χ1n) is 12.9. The zero-order valence-corrected chi connectivity index (χ0v) is 20.9. The van der Waals surface area contributed by atoms with Crippen LogP contribution >= 0.6 is 0 Å². The van der Waals surface area contributed by atoms with Crippen molar-refractivity contribution in [3.63, 3.8) is 0 Å². The summed E-state index contributed by atoms with van der Waals surface area (Å²) in [5.41, 5.74) is 9.81. The molecule has 0 amide bonds. The van der Waals surface area contributed by atoms with Crippen LogP contribution in [0.4, 0.5) is 0 Å². The van der Waals surface area contributed by atoms with Gasteiger partial charge < -0.3 is 0 Å². The van der Waals surface area contributed by atoms with Gasteiger partial charge in [-0.05, 0) is 48.0 Å². The van der Waals surface area contributed by atoms with Crippen molar-refractivity contribution in [3.8, 4) is 33.8 Å². The molecule has 0 aliphatic rings. The van der Waals surface area contributed by atoms with Crippen molar-refractivity contribution in [1.29, 1.82) is 0 Å². The Hall–Kier alpha value is -5.42. The predicted octanol–water partition coefficient (Wildman–Crippen LogP) is 7.98. The topological polar surface area (TPSA) is 56.0 Å². The number of nitrogens with zero attached hydrogens (tertiary/aromatic N) is 5. The highest BCUT2D eigenvalue weighted by atomic mass is 15.2. The summed E-state index contributed by atoms with van der Waals surface area (Å²) < 4.78 is 1.99. The molecule has 0 saturated heterocycles. The highest BCUT2D eigenvalue weighted by Crippen LogP contribution is 2.31. The van der Waals surface area contributed by atoms with Crippen LogP contribution in [0, 0.1) is 0 Å². The zero-order chi connectivity index (χ0) is 25.8. The molecule has 8 rings (SSSR count). The van der Waals surface area contributed by atoms with Crippen molar-refractivity contribution in [3.05, 3.63) is 128 Å². The van der Waals surface area contributed by atoms with Crippen molar-refractivity contribution in [2.75, 3.05) is 0 Å². The largest absolute Gasteiger partial charge is 0.256 e. The first-order chi connectivity index (χ1) is 19.3. The van der Waals surface area contributed by atoms with Crippen LogP contribution < -0.4 is 0 Å². The van der Waals surface area contributed by atoms with E-state index in [4.69, 9.17) is 15.1 Å². The second kappa shape index (κ2) is 8.57. The monoisotopic (exact) mass is 499 g/mol. The molecular formula is C34H21N5. The van der Waals surface area contributed by atoms with Gasteiger partial charge in [-0.15, -0.1) is 0 Å². The van der Waals surface area contributed by atoms with Gasteiger partial charge in [0.25, 0.3) is 0 Å². The molecule has 5 nitrogen and oxygen atoms in total. The van der Waals surface area contributed by atoms with Crippen molar-refractivity contribution < 1.29 is 0 Å². The molecule has 8 aromatic rings. The van der Waals surface area contributed by atoms with Gasteiger partial charge in [0.1, 0.15) is 0 Å². The molecule has 39 heavy (non-hydrogen) atoms. The van der Waals surface area contributed by atoms with E-state index in [-0.39, 0.29) is 0 Å². The maximum atomic E-state index is 5.06. The zero-order valence-electron chi connectivity index (χ0n) is 20.9. The Morgan fingerprint density at radius 2 is 1.36 bits per heavy atom. The summed E-state index contributed by atoms with van der Waals surface area (Å²) in [7, 11) is 0. The van der Waals surface area contributed by atoms with Gasteiger partial charge in [0.15, 0.2) is 0 Å². The maximum absolute atomic E-state index is 5.06. The van der Waals surface area contributed by atoms with E-state index in [2.05, 4.69) is 96.0 Å². The molecule has 5 heteroatoms. The van der Waals surface area contributed by atoms with E-state index in [9.17, 15) is 0 Å². The number of hydrogen-bond donors (Lipinski definition) is 0. The van der Waals surface area contributed by atoms with Crippen molar-refractivity contribution in [1.82, 2.24) is 24.6 Å². The third kappa shape index (κ3) is 3.55. The van der Waals surface area contributed by atoms with Crippen LogP contribution in [-0.2, 0) is 0 Å². The highest BCUT2D eigenvalue weighted by Gasteiger charge is 2.13. The van der Waals surface area contributed by atoms with Gasteiger partial charge in [-0.3, -0.25) is 9.97 Å². The van der Waals surface area contributed by atoms with E-state index in [1.165, 1.54) is 0 Å². The van der Waals surface area contributed by atoms with Crippen LogP contribution in [0.3, 0.4) is 0 Å². The van der Waals surface area contributed by atoms with E-state index in [0.29, 0.717) is 0 Å². The van der Waals surface area contributed by atoms with Crippen LogP contribution in [0.5, 0.6) is 0 Å². The van der Waals surface area contributed by atoms with Crippen molar-refractivity contribution in [2.24, 2.45) is 0 Å². The van der Waals surface area contributed by atoms with Gasteiger partial charge in [-0.2, -0.15) is 5.10 Å². The third-order valence-electron chi connectivity index (χ3n) is 7.31. The molecule has 182 valence electrons. The number of pyridine rings is 4. The fraction of sp³-hybridized carbons (Fsp3) is 0. The summed E-state index contributed by atoms with van der Waals surface area (Å²) in [6.45, 7) is 0. The lowest BCUT2D eigenvalue weighted by atomic mass is 10.0. The van der Waals surface area contributed by atoms with Gasteiger partial charge in [0.05, 0.1) is 39.1 Å². The average molecular weight is 500 g/mol. The van der Waals surface area contributed by atoms with Crippen LogP contribution in [0.1, 0.15) is 0 Å². The van der Waals surface area contributed by atoms with Crippen LogP contribution in [0.15, 0.2) is 128 Å². The molecule has 0 radical (unpaired) electrons. The smallest absolute Gasteiger partial charge is 0.0972 e. The summed E-state index contributed by atoms with van der Waals surface area (Å²) in [5.74, 6) is 0. The van der Waals surface area contributed by atoms with E-state index < -0.39 is 0 Å². The molecule has 5 heterocycles. The molecule has 0 spiro atoms. The first kappa shape index (κ1) is 21.6. The minimum Gasteiger partial charge on any atom is -0.256 e. The molecule has 0 saturated carbocycles. The van der Waals surface area contributed by atoms with E-state index in [1.54, 1.807) is 0 Å². The Morgan fingerprint density at radius 3 is 2.23 bits per heavy atom. The Morgan fingerprint density at radius 1 is 0.538 bits per heavy atom. The number of benzene rings is 3. The molecule has 0 aliphatic heterocycles. The number of fused-ring (bicyclic) bond motifs is 6. The van der Waals surface area contributed by atoms with Gasteiger partial charge in [0, 0.05) is 39.7 Å². The van der Waals surface area contributed by atoms with Gasteiger partial charge >= 0.3 is 0 Å². The maximum Gasteiger partial charge on any atom is 0.0972 e. The fourth-order valence-electron chi connectivity index (χ4n) is 5.33. The highest BCUT2D eigenvalue weighted by molar-refractivity contribution is 6.03. The van der Waals surface area contributed by atoms with Gasteiger partial charge in [-0.25, -0.2) is 9.50 Å². The second-order valence-electron chi connectivity index (χ2n) is 9.65. The normalized spacial score (nSPS) is 11.6. The Bertz CT molecular complexity index is 2160. The second-order valence-corrected chi connectivity index (χ2v) is 9.65. The van der Waals surface area contributed by atoms with Crippen LogP contribution in [0.25, 0.3) is 72.0 Å². The Balaban J connectivity index is 1.24. The third-order valence-corrected chi connectivity index (χ3v) is 7.31. The van der Waals surface area contributed by atoms with E-state index in [0.717, 1.165) is 72.0 Å². The Labute approximate surface area is 224 Å². The summed E-state index contributed by atoms with van der Waals surface area (Å²) in [5, 5.41) is 8.19. The quantitative estimate of drug-likeness (QED) is 0.231. The number of rotatable bonds is 3. The van der Waals surface area contributed by atoms with Crippen LogP contribution in [0.2, 0.25) is 0 Å². The minimum absolute atomic E-state index is 0.859. The minimum atomic E-state index is 0.859. The SMILES string of the molecule is c1ccc(-c2ccc(-c3ccc4nn5c(-c6ccc7ccc8cccnc8c7n6)cccc5c4c3)nc2)cc1. The summed E-state index contributed by atoms with van der Waals surface area (Å²) in [4.78, 5) is 14.4. The Kier molecular flexibility index (Phi) is 4.76. The molecule has 5 aromatic heterocycles. The van der Waals surface area contributed by atoms with Crippen molar-refractivity contribution in [2.45, 2.75) is 0 Å². The molecule has 0 fully saturated rings. The molecular weight excluding hydrogens is 478 g/mol. The lowest BCUT2D eigenvalue weighted by molar-refractivity contribution is 0.984. The summed E-state index contributed by atoms with van der Waals surface area (Å²) in [6, 6.07) is 39.5. The first-order valence-corrected chi connectivity index (χ1v) is 12.9. The molecule has 0 atom stereocenters. The summed E-state index contributed by atoms with van der Waals surface area (Å²) in [6.07, 6.45) is 3.76. The molecule has 0 unspecified atom stereocenters. The van der Waals surface area contributed by atoms with E-state index >= 15 is 0 Å². The number of hydrogen-bond acceptors (Lipinski definition) is 4. The van der Waals surface area contributed by atoms with Crippen LogP contribution in [-0.4, -0.2) is 24.6 Å².